The Morgan fingerprint density at radius 2 is 2.11 bits per heavy atom. The topological polar surface area (TPSA) is 87.7 Å². The molecule has 0 aliphatic rings. The molecule has 0 saturated carbocycles. The molecule has 0 aromatic heterocycles. The SMILES string of the molecule is COCCC(NC(=O)NCC(C)CSC)C(=O)O. The van der Waals surface area contributed by atoms with Crippen LogP contribution in [0.3, 0.4) is 0 Å². The summed E-state index contributed by atoms with van der Waals surface area (Å²) in [7, 11) is 1.49. The lowest BCUT2D eigenvalue weighted by molar-refractivity contribution is -0.139. The zero-order valence-corrected chi connectivity index (χ0v) is 11.9. The predicted octanol–water partition coefficient (Wildman–Crippen LogP) is 0.774. The van der Waals surface area contributed by atoms with Crippen molar-refractivity contribution in [1.82, 2.24) is 10.6 Å². The Labute approximate surface area is 112 Å². The monoisotopic (exact) mass is 278 g/mol. The van der Waals surface area contributed by atoms with Gasteiger partial charge < -0.3 is 20.5 Å². The summed E-state index contributed by atoms with van der Waals surface area (Å²) >= 11 is 1.71. The van der Waals surface area contributed by atoms with Gasteiger partial charge in [-0.2, -0.15) is 11.8 Å². The minimum absolute atomic E-state index is 0.250. The van der Waals surface area contributed by atoms with Crippen LogP contribution in [0.5, 0.6) is 0 Å². The Balaban J connectivity index is 3.98. The van der Waals surface area contributed by atoms with E-state index >= 15 is 0 Å². The van der Waals surface area contributed by atoms with Crippen LogP contribution < -0.4 is 10.6 Å². The summed E-state index contributed by atoms with van der Waals surface area (Å²) in [6.45, 7) is 2.85. The van der Waals surface area contributed by atoms with E-state index in [0.29, 0.717) is 19.1 Å². The molecule has 0 aromatic carbocycles. The summed E-state index contributed by atoms with van der Waals surface area (Å²) in [4.78, 5) is 22.4. The molecule has 0 rings (SSSR count). The van der Waals surface area contributed by atoms with Gasteiger partial charge in [-0.25, -0.2) is 9.59 Å². The van der Waals surface area contributed by atoms with Gasteiger partial charge in [0.2, 0.25) is 0 Å². The predicted molar refractivity (Wildman–Crippen MR) is 72.0 cm³/mol. The highest BCUT2D eigenvalue weighted by atomic mass is 32.2. The third-order valence-corrected chi connectivity index (χ3v) is 3.18. The van der Waals surface area contributed by atoms with Crippen LogP contribution in [0.1, 0.15) is 13.3 Å². The number of thioether (sulfide) groups is 1. The van der Waals surface area contributed by atoms with Crippen LogP contribution in [-0.2, 0) is 9.53 Å². The van der Waals surface area contributed by atoms with Crippen molar-refractivity contribution in [3.8, 4) is 0 Å². The third kappa shape index (κ3) is 8.19. The van der Waals surface area contributed by atoms with Crippen molar-refractivity contribution in [3.63, 3.8) is 0 Å². The molecule has 2 unspecified atom stereocenters. The number of carbonyl (C=O) groups excluding carboxylic acids is 1. The van der Waals surface area contributed by atoms with Crippen molar-refractivity contribution < 1.29 is 19.4 Å². The summed E-state index contributed by atoms with van der Waals surface area (Å²) in [5.41, 5.74) is 0. The molecule has 7 heteroatoms. The van der Waals surface area contributed by atoms with Crippen molar-refractivity contribution in [3.05, 3.63) is 0 Å². The van der Waals surface area contributed by atoms with Crippen molar-refractivity contribution >= 4 is 23.8 Å². The molecule has 0 aromatic rings. The lowest BCUT2D eigenvalue weighted by Crippen LogP contribution is -2.47. The number of rotatable bonds is 9. The summed E-state index contributed by atoms with van der Waals surface area (Å²) in [6, 6.07) is -1.37. The number of urea groups is 1. The van der Waals surface area contributed by atoms with Gasteiger partial charge in [0.15, 0.2) is 0 Å². The molecule has 0 radical (unpaired) electrons. The van der Waals surface area contributed by atoms with Gasteiger partial charge in [-0.05, 0) is 17.9 Å². The Hall–Kier alpha value is -0.950. The van der Waals surface area contributed by atoms with Gasteiger partial charge in [0.1, 0.15) is 6.04 Å². The van der Waals surface area contributed by atoms with E-state index in [1.165, 1.54) is 7.11 Å². The van der Waals surface area contributed by atoms with Gasteiger partial charge >= 0.3 is 12.0 Å². The quantitative estimate of drug-likeness (QED) is 0.580. The Morgan fingerprint density at radius 3 is 2.61 bits per heavy atom. The number of ether oxygens (including phenoxy) is 1. The zero-order chi connectivity index (χ0) is 14.0. The maximum absolute atomic E-state index is 11.5. The van der Waals surface area contributed by atoms with E-state index in [-0.39, 0.29) is 6.42 Å². The van der Waals surface area contributed by atoms with E-state index < -0.39 is 18.0 Å². The smallest absolute Gasteiger partial charge is 0.326 e. The van der Waals surface area contributed by atoms with Gasteiger partial charge in [0.05, 0.1) is 0 Å². The highest BCUT2D eigenvalue weighted by molar-refractivity contribution is 7.98. The van der Waals surface area contributed by atoms with E-state index in [4.69, 9.17) is 9.84 Å². The van der Waals surface area contributed by atoms with Crippen molar-refractivity contribution in [2.24, 2.45) is 5.92 Å². The molecule has 18 heavy (non-hydrogen) atoms. The van der Waals surface area contributed by atoms with Crippen molar-refractivity contribution in [2.45, 2.75) is 19.4 Å². The zero-order valence-electron chi connectivity index (χ0n) is 11.1. The Bertz CT molecular complexity index is 263. The number of carboxylic acids is 1. The highest BCUT2D eigenvalue weighted by Crippen LogP contribution is 2.02. The third-order valence-electron chi connectivity index (χ3n) is 2.28. The van der Waals surface area contributed by atoms with Gasteiger partial charge in [-0.15, -0.1) is 0 Å². The molecule has 2 atom stereocenters. The fourth-order valence-corrected chi connectivity index (χ4v) is 2.00. The molecular formula is C11H22N2O4S. The van der Waals surface area contributed by atoms with E-state index in [2.05, 4.69) is 10.6 Å². The number of methoxy groups -OCH3 is 1. The molecule has 0 heterocycles. The number of aliphatic carboxylic acids is 1. The first-order valence-corrected chi connectivity index (χ1v) is 7.15. The summed E-state index contributed by atoms with van der Waals surface area (Å²) in [5, 5.41) is 14.0. The van der Waals surface area contributed by atoms with Crippen LogP contribution in [0, 0.1) is 5.92 Å². The second-order valence-electron chi connectivity index (χ2n) is 4.09. The molecular weight excluding hydrogens is 256 g/mol. The molecule has 0 bridgehead atoms. The van der Waals surface area contributed by atoms with Crippen LogP contribution in [0.25, 0.3) is 0 Å². The van der Waals surface area contributed by atoms with Crippen LogP contribution in [0.2, 0.25) is 0 Å². The van der Waals surface area contributed by atoms with Crippen LogP contribution in [-0.4, -0.2) is 55.4 Å². The molecule has 6 nitrogen and oxygen atoms in total. The average Bonchev–Trinajstić information content (AvgIpc) is 2.32. The Kier molecular flexibility index (Phi) is 9.49. The molecule has 0 fully saturated rings. The minimum atomic E-state index is -1.06. The van der Waals surface area contributed by atoms with Gasteiger partial charge in [-0.3, -0.25) is 0 Å². The molecule has 0 spiro atoms. The number of hydrogen-bond donors (Lipinski definition) is 3. The second-order valence-corrected chi connectivity index (χ2v) is 5.00. The second kappa shape index (κ2) is 10.0. The van der Waals surface area contributed by atoms with Crippen LogP contribution in [0.4, 0.5) is 4.79 Å². The number of hydrogen-bond acceptors (Lipinski definition) is 4. The van der Waals surface area contributed by atoms with Crippen molar-refractivity contribution in [2.75, 3.05) is 32.3 Å². The highest BCUT2D eigenvalue weighted by Gasteiger charge is 2.19. The number of amides is 2. The Morgan fingerprint density at radius 1 is 1.44 bits per heavy atom. The first kappa shape index (κ1) is 17.1. The lowest BCUT2D eigenvalue weighted by Gasteiger charge is -2.16. The summed E-state index contributed by atoms with van der Waals surface area (Å²) in [5.74, 6) is 0.249. The maximum atomic E-state index is 11.5. The molecule has 0 aliphatic carbocycles. The van der Waals surface area contributed by atoms with Gasteiger partial charge in [0, 0.05) is 26.7 Å². The fraction of sp³-hybridized carbons (Fsp3) is 0.818. The maximum Gasteiger partial charge on any atom is 0.326 e. The fourth-order valence-electron chi connectivity index (χ4n) is 1.31. The molecule has 106 valence electrons. The first-order chi connectivity index (χ1) is 8.51. The molecule has 0 saturated heterocycles. The molecule has 3 N–H and O–H groups in total. The molecule has 0 aliphatic heterocycles. The summed E-state index contributed by atoms with van der Waals surface area (Å²) < 4.78 is 4.80. The molecule has 2 amide bonds. The first-order valence-electron chi connectivity index (χ1n) is 5.76. The standard InChI is InChI=1S/C11H22N2O4S/c1-8(7-18-3)6-12-11(16)13-9(10(14)15)4-5-17-2/h8-9H,4-7H2,1-3H3,(H,14,15)(H2,12,13,16). The van der Waals surface area contributed by atoms with Gasteiger partial charge in [0.25, 0.3) is 0 Å². The van der Waals surface area contributed by atoms with E-state index in [9.17, 15) is 9.59 Å². The number of carboxylic acid groups (broad SMARTS) is 1. The minimum Gasteiger partial charge on any atom is -0.480 e. The number of carbonyl (C=O) groups is 2. The normalized spacial score (nSPS) is 13.7. The van der Waals surface area contributed by atoms with Crippen LogP contribution >= 0.6 is 11.8 Å². The largest absolute Gasteiger partial charge is 0.480 e. The van der Waals surface area contributed by atoms with E-state index in [0.717, 1.165) is 5.75 Å². The lowest BCUT2D eigenvalue weighted by atomic mass is 10.2. The van der Waals surface area contributed by atoms with Gasteiger partial charge in [-0.1, -0.05) is 6.92 Å². The van der Waals surface area contributed by atoms with E-state index in [1.807, 2.05) is 13.2 Å². The van der Waals surface area contributed by atoms with Crippen LogP contribution in [0.15, 0.2) is 0 Å². The number of nitrogens with one attached hydrogen (secondary N) is 2. The average molecular weight is 278 g/mol. The van der Waals surface area contributed by atoms with Crippen molar-refractivity contribution in [1.29, 1.82) is 0 Å². The van der Waals surface area contributed by atoms with E-state index in [1.54, 1.807) is 11.8 Å². The summed E-state index contributed by atoms with van der Waals surface area (Å²) in [6.07, 6.45) is 2.25.